The van der Waals surface area contributed by atoms with Crippen LogP contribution in [-0.4, -0.2) is 56.9 Å². The number of carbonyl (C=O) groups excluding carboxylic acids is 1. The number of hydrogen-bond acceptors (Lipinski definition) is 8. The number of nitrogen functional groups attached to an aromatic ring is 1. The summed E-state index contributed by atoms with van der Waals surface area (Å²) in [7, 11) is 0. The molecule has 9 heteroatoms. The summed E-state index contributed by atoms with van der Waals surface area (Å²) in [4.78, 5) is 34.1. The second-order valence-corrected chi connectivity index (χ2v) is 8.67. The van der Waals surface area contributed by atoms with E-state index in [0.29, 0.717) is 11.9 Å². The highest BCUT2D eigenvalue weighted by molar-refractivity contribution is 5.85. The van der Waals surface area contributed by atoms with E-state index < -0.39 is 0 Å². The molecule has 32 heavy (non-hydrogen) atoms. The first kappa shape index (κ1) is 20.4. The average molecular weight is 433 g/mol. The van der Waals surface area contributed by atoms with Crippen molar-refractivity contribution in [3.63, 3.8) is 0 Å². The zero-order valence-electron chi connectivity index (χ0n) is 18.5. The quantitative estimate of drug-likeness (QED) is 0.632. The predicted molar refractivity (Wildman–Crippen MR) is 124 cm³/mol. The van der Waals surface area contributed by atoms with Crippen molar-refractivity contribution >= 4 is 34.5 Å². The zero-order chi connectivity index (χ0) is 22.2. The minimum atomic E-state index is -0.102. The highest BCUT2D eigenvalue weighted by atomic mass is 16.2. The molecule has 3 aromatic rings. The first-order chi connectivity index (χ1) is 15.5. The van der Waals surface area contributed by atoms with E-state index in [1.165, 1.54) is 6.33 Å². The third-order valence-electron chi connectivity index (χ3n) is 6.28. The van der Waals surface area contributed by atoms with E-state index in [2.05, 4.69) is 63.3 Å². The lowest BCUT2D eigenvalue weighted by molar-refractivity contribution is -0.132. The lowest BCUT2D eigenvalue weighted by Gasteiger charge is -2.37. The zero-order valence-corrected chi connectivity index (χ0v) is 18.5. The monoisotopic (exact) mass is 432 g/mol. The van der Waals surface area contributed by atoms with Gasteiger partial charge in [0.2, 0.25) is 17.8 Å². The summed E-state index contributed by atoms with van der Waals surface area (Å²) in [6, 6.07) is 8.31. The molecule has 1 aromatic carbocycles. The van der Waals surface area contributed by atoms with E-state index in [9.17, 15) is 4.79 Å². The van der Waals surface area contributed by atoms with Gasteiger partial charge >= 0.3 is 0 Å². The van der Waals surface area contributed by atoms with Crippen LogP contribution in [0.25, 0.3) is 10.9 Å². The van der Waals surface area contributed by atoms with Gasteiger partial charge in [-0.3, -0.25) is 4.79 Å². The molecule has 0 radical (unpaired) electrons. The molecule has 166 valence electrons. The Morgan fingerprint density at radius 1 is 1.16 bits per heavy atom. The van der Waals surface area contributed by atoms with Crippen molar-refractivity contribution in [2.45, 2.75) is 32.7 Å². The molecule has 1 aliphatic heterocycles. The molecule has 0 spiro atoms. The number of para-hydroxylation sites is 1. The van der Waals surface area contributed by atoms with Crippen molar-refractivity contribution in [1.29, 1.82) is 0 Å². The number of benzene rings is 1. The normalized spacial score (nSPS) is 17.4. The number of pyridine rings is 1. The highest BCUT2D eigenvalue weighted by Crippen LogP contribution is 2.34. The maximum Gasteiger partial charge on any atom is 0.227 e. The lowest BCUT2D eigenvalue weighted by Crippen LogP contribution is -2.49. The number of nitrogens with two attached hydrogens (primary N) is 1. The number of anilines is 3. The molecule has 9 nitrogen and oxygen atoms in total. The number of fused-ring (bicyclic) bond motifs is 1. The van der Waals surface area contributed by atoms with Crippen LogP contribution in [-0.2, 0) is 4.79 Å². The Morgan fingerprint density at radius 2 is 1.94 bits per heavy atom. The van der Waals surface area contributed by atoms with Gasteiger partial charge in [-0.25, -0.2) is 15.0 Å². The van der Waals surface area contributed by atoms with Crippen molar-refractivity contribution in [3.05, 3.63) is 41.7 Å². The van der Waals surface area contributed by atoms with Gasteiger partial charge in [0.05, 0.1) is 11.6 Å². The molecular weight excluding hydrogens is 404 g/mol. The second kappa shape index (κ2) is 8.22. The summed E-state index contributed by atoms with van der Waals surface area (Å²) in [6.45, 7) is 7.14. The van der Waals surface area contributed by atoms with Crippen LogP contribution in [0.3, 0.4) is 0 Å². The van der Waals surface area contributed by atoms with E-state index in [1.54, 1.807) is 0 Å². The van der Waals surface area contributed by atoms with Crippen LogP contribution in [0.15, 0.2) is 30.6 Å². The van der Waals surface area contributed by atoms with Crippen molar-refractivity contribution in [1.82, 2.24) is 24.8 Å². The molecule has 3 heterocycles. The molecule has 1 unspecified atom stereocenters. The van der Waals surface area contributed by atoms with Crippen LogP contribution in [0.4, 0.5) is 17.7 Å². The number of aryl methyl sites for hydroxylation is 1. The number of nitrogens with zero attached hydrogens (tertiary/aromatic N) is 6. The van der Waals surface area contributed by atoms with E-state index in [-0.39, 0.29) is 17.9 Å². The first-order valence-corrected chi connectivity index (χ1v) is 11.1. The molecule has 0 bridgehead atoms. The lowest BCUT2D eigenvalue weighted by atomic mass is 10.0. The van der Waals surface area contributed by atoms with Gasteiger partial charge in [0.1, 0.15) is 12.1 Å². The molecule has 1 atom stereocenters. The molecule has 5 rings (SSSR count). The van der Waals surface area contributed by atoms with Crippen LogP contribution in [0.2, 0.25) is 0 Å². The average Bonchev–Trinajstić information content (AvgIpc) is 3.64. The number of aromatic nitrogens is 4. The van der Waals surface area contributed by atoms with E-state index in [0.717, 1.165) is 66.9 Å². The molecule has 2 fully saturated rings. The van der Waals surface area contributed by atoms with Gasteiger partial charge in [-0.1, -0.05) is 18.2 Å². The maximum atomic E-state index is 12.5. The molecule has 1 saturated heterocycles. The Hall–Kier alpha value is -3.49. The third-order valence-corrected chi connectivity index (χ3v) is 6.28. The molecule has 2 aliphatic rings. The van der Waals surface area contributed by atoms with E-state index >= 15 is 0 Å². The van der Waals surface area contributed by atoms with Crippen molar-refractivity contribution in [2.24, 2.45) is 5.92 Å². The van der Waals surface area contributed by atoms with Gasteiger partial charge in [-0.05, 0) is 38.3 Å². The Balaban J connectivity index is 1.46. The van der Waals surface area contributed by atoms with Gasteiger partial charge in [0.15, 0.2) is 0 Å². The van der Waals surface area contributed by atoms with Gasteiger partial charge < -0.3 is 20.9 Å². The predicted octanol–water partition coefficient (Wildman–Crippen LogP) is 2.54. The number of nitrogens with one attached hydrogen (secondary N) is 1. The number of carbonyl (C=O) groups is 1. The van der Waals surface area contributed by atoms with Crippen molar-refractivity contribution in [2.75, 3.05) is 42.1 Å². The van der Waals surface area contributed by atoms with Crippen LogP contribution < -0.4 is 16.0 Å². The first-order valence-electron chi connectivity index (χ1n) is 11.1. The summed E-state index contributed by atoms with van der Waals surface area (Å²) in [5.41, 5.74) is 8.92. The van der Waals surface area contributed by atoms with Gasteiger partial charge in [0, 0.05) is 43.0 Å². The minimum Gasteiger partial charge on any atom is -0.368 e. The minimum absolute atomic E-state index is 0.102. The largest absolute Gasteiger partial charge is 0.368 e. The van der Waals surface area contributed by atoms with Crippen LogP contribution >= 0.6 is 0 Å². The van der Waals surface area contributed by atoms with Crippen LogP contribution in [0.1, 0.15) is 36.9 Å². The second-order valence-electron chi connectivity index (χ2n) is 8.67. The van der Waals surface area contributed by atoms with Gasteiger partial charge in [-0.15, -0.1) is 0 Å². The number of piperazine rings is 1. The van der Waals surface area contributed by atoms with Crippen molar-refractivity contribution in [3.8, 4) is 0 Å². The number of amides is 1. The summed E-state index contributed by atoms with van der Waals surface area (Å²) in [5, 5.41) is 4.43. The standard InChI is InChI=1S/C23H28N8O/c1-14-4-3-5-17-12-18(15(2)27-23-26-13-25-22(24)29-23)20(28-19(14)17)30-8-10-31(11-9-30)21(32)16-6-7-16/h3-5,12-13,15-16H,6-11H2,1-2H3,(H3,24,25,26,27,29). The molecular formula is C23H28N8O. The molecule has 1 saturated carbocycles. The van der Waals surface area contributed by atoms with Crippen LogP contribution in [0.5, 0.6) is 0 Å². The maximum absolute atomic E-state index is 12.5. The fraction of sp³-hybridized carbons (Fsp3) is 0.435. The molecule has 2 aromatic heterocycles. The summed E-state index contributed by atoms with van der Waals surface area (Å²) in [6.07, 6.45) is 3.48. The van der Waals surface area contributed by atoms with Gasteiger partial charge in [-0.2, -0.15) is 4.98 Å². The fourth-order valence-electron chi connectivity index (χ4n) is 4.30. The van der Waals surface area contributed by atoms with Crippen molar-refractivity contribution < 1.29 is 4.79 Å². The highest BCUT2D eigenvalue weighted by Gasteiger charge is 2.35. The molecule has 1 amide bonds. The van der Waals surface area contributed by atoms with Crippen LogP contribution in [0, 0.1) is 12.8 Å². The topological polar surface area (TPSA) is 113 Å². The van der Waals surface area contributed by atoms with E-state index in [4.69, 9.17) is 10.7 Å². The Bertz CT molecular complexity index is 1150. The summed E-state index contributed by atoms with van der Waals surface area (Å²) in [5.74, 6) is 2.12. The summed E-state index contributed by atoms with van der Waals surface area (Å²) < 4.78 is 0. The number of hydrogen-bond donors (Lipinski definition) is 2. The SMILES string of the molecule is Cc1cccc2cc(C(C)Nc3ncnc(N)n3)c(N3CCN(C(=O)C4CC4)CC3)nc12. The molecule has 3 N–H and O–H groups in total. The summed E-state index contributed by atoms with van der Waals surface area (Å²) >= 11 is 0. The smallest absolute Gasteiger partial charge is 0.227 e. The number of rotatable bonds is 5. The third kappa shape index (κ3) is 4.02. The Kier molecular flexibility index (Phi) is 5.24. The Labute approximate surface area is 187 Å². The Morgan fingerprint density at radius 3 is 2.66 bits per heavy atom. The van der Waals surface area contributed by atoms with E-state index in [1.807, 2.05) is 4.90 Å². The fourth-order valence-corrected chi connectivity index (χ4v) is 4.30. The molecule has 1 aliphatic carbocycles. The van der Waals surface area contributed by atoms with Gasteiger partial charge in [0.25, 0.3) is 0 Å².